The first-order valence-corrected chi connectivity index (χ1v) is 6.83. The maximum atomic E-state index is 11.2. The molecule has 0 heterocycles. The van der Waals surface area contributed by atoms with Gasteiger partial charge in [-0.15, -0.1) is 0 Å². The second kappa shape index (κ2) is 9.46. The maximum Gasteiger partial charge on any atom is 0.305 e. The molecule has 0 aromatic heterocycles. The first kappa shape index (κ1) is 16.4. The number of carbonyl (C=O) groups excluding carboxylic acids is 1. The van der Waals surface area contributed by atoms with Gasteiger partial charge in [0.05, 0.1) is 6.61 Å². The molecule has 0 N–H and O–H groups in total. The third-order valence-corrected chi connectivity index (χ3v) is 2.41. The smallest absolute Gasteiger partial charge is 0.305 e. The second-order valence-corrected chi connectivity index (χ2v) is 5.46. The lowest BCUT2D eigenvalue weighted by Crippen LogP contribution is -2.32. The van der Waals surface area contributed by atoms with Crippen molar-refractivity contribution in [3.63, 3.8) is 0 Å². The van der Waals surface area contributed by atoms with Gasteiger partial charge in [-0.05, 0) is 31.7 Å². The molecule has 102 valence electrons. The zero-order chi connectivity index (χ0) is 13.3. The minimum atomic E-state index is -0.0680. The Balaban J connectivity index is 3.86. The summed E-state index contributed by atoms with van der Waals surface area (Å²) in [4.78, 5) is 13.7. The Morgan fingerprint density at radius 3 is 2.06 bits per heavy atom. The van der Waals surface area contributed by atoms with E-state index in [0.29, 0.717) is 24.9 Å². The third-order valence-electron chi connectivity index (χ3n) is 2.41. The summed E-state index contributed by atoms with van der Waals surface area (Å²) in [6, 6.07) is 0. The summed E-state index contributed by atoms with van der Waals surface area (Å²) in [5.41, 5.74) is 0. The lowest BCUT2D eigenvalue weighted by Gasteiger charge is -2.25. The van der Waals surface area contributed by atoms with Gasteiger partial charge in [0.2, 0.25) is 0 Å². The van der Waals surface area contributed by atoms with Crippen molar-refractivity contribution in [3.8, 4) is 0 Å². The Labute approximate surface area is 107 Å². The van der Waals surface area contributed by atoms with Crippen LogP contribution in [0.5, 0.6) is 0 Å². The largest absolute Gasteiger partial charge is 0.466 e. The van der Waals surface area contributed by atoms with Crippen molar-refractivity contribution in [2.75, 3.05) is 26.2 Å². The van der Waals surface area contributed by atoms with Gasteiger partial charge < -0.3 is 9.64 Å². The van der Waals surface area contributed by atoms with Crippen LogP contribution >= 0.6 is 0 Å². The van der Waals surface area contributed by atoms with Crippen LogP contribution in [0.2, 0.25) is 0 Å². The number of nitrogens with zero attached hydrogens (tertiary/aromatic N) is 1. The molecule has 3 heteroatoms. The van der Waals surface area contributed by atoms with Crippen molar-refractivity contribution in [1.29, 1.82) is 0 Å². The molecule has 0 atom stereocenters. The van der Waals surface area contributed by atoms with E-state index in [0.717, 1.165) is 26.1 Å². The monoisotopic (exact) mass is 243 g/mol. The van der Waals surface area contributed by atoms with Crippen LogP contribution < -0.4 is 0 Å². The Morgan fingerprint density at radius 2 is 1.65 bits per heavy atom. The SMILES string of the molecule is CCOC(=O)CCCN(CC(C)C)CC(C)C. The van der Waals surface area contributed by atoms with Gasteiger partial charge in [0.25, 0.3) is 0 Å². The molecule has 0 aliphatic carbocycles. The minimum Gasteiger partial charge on any atom is -0.466 e. The van der Waals surface area contributed by atoms with Crippen LogP contribution in [0.1, 0.15) is 47.5 Å². The molecule has 0 aromatic carbocycles. The molecule has 0 amide bonds. The predicted molar refractivity (Wildman–Crippen MR) is 72.0 cm³/mol. The molecular formula is C14H29NO2. The van der Waals surface area contributed by atoms with E-state index < -0.39 is 0 Å². The van der Waals surface area contributed by atoms with E-state index in [1.54, 1.807) is 0 Å². The van der Waals surface area contributed by atoms with Crippen LogP contribution in [-0.4, -0.2) is 37.1 Å². The molecule has 0 spiro atoms. The summed E-state index contributed by atoms with van der Waals surface area (Å²) >= 11 is 0. The van der Waals surface area contributed by atoms with Gasteiger partial charge in [0.1, 0.15) is 0 Å². The van der Waals surface area contributed by atoms with Crippen LogP contribution in [0.25, 0.3) is 0 Å². The summed E-state index contributed by atoms with van der Waals surface area (Å²) in [6.07, 6.45) is 1.44. The van der Waals surface area contributed by atoms with Gasteiger partial charge in [-0.1, -0.05) is 27.7 Å². The van der Waals surface area contributed by atoms with Gasteiger partial charge in [0, 0.05) is 19.5 Å². The Hall–Kier alpha value is -0.570. The molecule has 0 rings (SSSR count). The molecule has 0 saturated heterocycles. The van der Waals surface area contributed by atoms with Crippen molar-refractivity contribution < 1.29 is 9.53 Å². The lowest BCUT2D eigenvalue weighted by molar-refractivity contribution is -0.143. The van der Waals surface area contributed by atoms with Crippen LogP contribution in [0.3, 0.4) is 0 Å². The Bertz CT molecular complexity index is 192. The number of esters is 1. The number of hydrogen-bond donors (Lipinski definition) is 0. The van der Waals surface area contributed by atoms with Gasteiger partial charge in [0.15, 0.2) is 0 Å². The summed E-state index contributed by atoms with van der Waals surface area (Å²) in [5, 5.41) is 0. The van der Waals surface area contributed by atoms with Gasteiger partial charge in [-0.2, -0.15) is 0 Å². The number of ether oxygens (including phenoxy) is 1. The molecular weight excluding hydrogens is 214 g/mol. The highest BCUT2D eigenvalue weighted by Crippen LogP contribution is 2.06. The molecule has 0 aliphatic rings. The fraction of sp³-hybridized carbons (Fsp3) is 0.929. The third kappa shape index (κ3) is 10.3. The average Bonchev–Trinajstić information content (AvgIpc) is 2.15. The molecule has 0 bridgehead atoms. The van der Waals surface area contributed by atoms with Gasteiger partial charge in [-0.3, -0.25) is 4.79 Å². The van der Waals surface area contributed by atoms with Crippen LogP contribution in [-0.2, 0) is 9.53 Å². The van der Waals surface area contributed by atoms with E-state index in [-0.39, 0.29) is 5.97 Å². The fourth-order valence-corrected chi connectivity index (χ4v) is 1.97. The highest BCUT2D eigenvalue weighted by atomic mass is 16.5. The molecule has 0 aliphatic heterocycles. The Morgan fingerprint density at radius 1 is 1.12 bits per heavy atom. The summed E-state index contributed by atoms with van der Waals surface area (Å²) in [7, 11) is 0. The van der Waals surface area contributed by atoms with E-state index in [1.165, 1.54) is 0 Å². The number of rotatable bonds is 9. The van der Waals surface area contributed by atoms with Crippen molar-refractivity contribution in [2.45, 2.75) is 47.5 Å². The van der Waals surface area contributed by atoms with Crippen LogP contribution in [0.4, 0.5) is 0 Å². The van der Waals surface area contributed by atoms with Crippen LogP contribution in [0.15, 0.2) is 0 Å². The summed E-state index contributed by atoms with van der Waals surface area (Å²) in [5.74, 6) is 1.29. The minimum absolute atomic E-state index is 0.0680. The quantitative estimate of drug-likeness (QED) is 0.583. The van der Waals surface area contributed by atoms with E-state index in [9.17, 15) is 4.79 Å². The zero-order valence-electron chi connectivity index (χ0n) is 12.2. The lowest BCUT2D eigenvalue weighted by atomic mass is 10.1. The fourth-order valence-electron chi connectivity index (χ4n) is 1.97. The Kier molecular flexibility index (Phi) is 9.14. The molecule has 0 fully saturated rings. The highest BCUT2D eigenvalue weighted by Gasteiger charge is 2.10. The van der Waals surface area contributed by atoms with Crippen molar-refractivity contribution >= 4 is 5.97 Å². The molecule has 0 radical (unpaired) electrons. The highest BCUT2D eigenvalue weighted by molar-refractivity contribution is 5.69. The van der Waals surface area contributed by atoms with E-state index in [2.05, 4.69) is 32.6 Å². The topological polar surface area (TPSA) is 29.5 Å². The zero-order valence-corrected chi connectivity index (χ0v) is 12.2. The normalized spacial score (nSPS) is 11.5. The molecule has 3 nitrogen and oxygen atoms in total. The standard InChI is InChI=1S/C14H29NO2/c1-6-17-14(16)8-7-9-15(10-12(2)3)11-13(4)5/h12-13H,6-11H2,1-5H3. The predicted octanol–water partition coefficient (Wildman–Crippen LogP) is 2.94. The second-order valence-electron chi connectivity index (χ2n) is 5.46. The summed E-state index contributed by atoms with van der Waals surface area (Å²) < 4.78 is 4.93. The maximum absolute atomic E-state index is 11.2. The molecule has 0 unspecified atom stereocenters. The molecule has 0 aromatic rings. The average molecular weight is 243 g/mol. The van der Waals surface area contributed by atoms with Crippen molar-refractivity contribution in [1.82, 2.24) is 4.90 Å². The van der Waals surface area contributed by atoms with Crippen LogP contribution in [0, 0.1) is 11.8 Å². The summed E-state index contributed by atoms with van der Waals surface area (Å²) in [6.45, 7) is 14.5. The van der Waals surface area contributed by atoms with E-state index in [1.807, 2.05) is 6.92 Å². The van der Waals surface area contributed by atoms with Crippen molar-refractivity contribution in [2.24, 2.45) is 11.8 Å². The number of carbonyl (C=O) groups is 1. The van der Waals surface area contributed by atoms with E-state index >= 15 is 0 Å². The molecule has 17 heavy (non-hydrogen) atoms. The molecule has 0 saturated carbocycles. The van der Waals surface area contributed by atoms with Gasteiger partial charge in [-0.25, -0.2) is 0 Å². The number of hydrogen-bond acceptors (Lipinski definition) is 3. The first-order valence-electron chi connectivity index (χ1n) is 6.83. The first-order chi connectivity index (χ1) is 7.95. The van der Waals surface area contributed by atoms with Crippen molar-refractivity contribution in [3.05, 3.63) is 0 Å². The van der Waals surface area contributed by atoms with E-state index in [4.69, 9.17) is 4.74 Å². The van der Waals surface area contributed by atoms with Gasteiger partial charge >= 0.3 is 5.97 Å².